The summed E-state index contributed by atoms with van der Waals surface area (Å²) in [7, 11) is 1.58. The predicted octanol–water partition coefficient (Wildman–Crippen LogP) is 1.36. The molecule has 0 aliphatic rings. The van der Waals surface area contributed by atoms with Crippen molar-refractivity contribution in [3.63, 3.8) is 0 Å². The lowest BCUT2D eigenvalue weighted by molar-refractivity contribution is -0.151. The van der Waals surface area contributed by atoms with Gasteiger partial charge in [0.15, 0.2) is 6.10 Å². The predicted molar refractivity (Wildman–Crippen MR) is 65.2 cm³/mol. The zero-order valence-electron chi connectivity index (χ0n) is 10.3. The van der Waals surface area contributed by atoms with Gasteiger partial charge in [-0.25, -0.2) is 4.79 Å². The zero-order valence-corrected chi connectivity index (χ0v) is 10.3. The molecule has 0 aliphatic carbocycles. The van der Waals surface area contributed by atoms with E-state index in [0.29, 0.717) is 18.6 Å². The third-order valence-corrected chi connectivity index (χ3v) is 2.38. The van der Waals surface area contributed by atoms with Crippen molar-refractivity contribution >= 4 is 5.97 Å². The average molecular weight is 254 g/mol. The lowest BCUT2D eigenvalue weighted by Gasteiger charge is -2.14. The van der Waals surface area contributed by atoms with E-state index >= 15 is 0 Å². The molecular weight excluding hydrogens is 236 g/mol. The van der Waals surface area contributed by atoms with Crippen LogP contribution in [0.2, 0.25) is 0 Å². The molecule has 1 aromatic rings. The van der Waals surface area contributed by atoms with Crippen LogP contribution in [0.1, 0.15) is 23.7 Å². The van der Waals surface area contributed by atoms with Gasteiger partial charge in [0.1, 0.15) is 0 Å². The Morgan fingerprint density at radius 1 is 1.44 bits per heavy atom. The number of carbonyl (C=O) groups is 1. The molecule has 0 amide bonds. The van der Waals surface area contributed by atoms with E-state index in [0.717, 1.165) is 5.56 Å². The molecule has 0 aliphatic heterocycles. The van der Waals surface area contributed by atoms with Gasteiger partial charge in [-0.3, -0.25) is 0 Å². The molecule has 2 N–H and O–H groups in total. The summed E-state index contributed by atoms with van der Waals surface area (Å²) in [4.78, 5) is 11.1. The first-order valence-corrected chi connectivity index (χ1v) is 5.72. The second-order valence-electron chi connectivity index (χ2n) is 3.84. The standard InChI is InChI=1S/C13H18O5/c1-17-9-10-4-2-5-11(8-10)12(13(15)16)18-7-3-6-14/h2,4-5,8,12,14H,3,6-7,9H2,1H3,(H,15,16). The van der Waals surface area contributed by atoms with Crippen molar-refractivity contribution in [1.29, 1.82) is 0 Å². The largest absolute Gasteiger partial charge is 0.479 e. The lowest BCUT2D eigenvalue weighted by atomic mass is 10.1. The normalized spacial score (nSPS) is 12.3. The van der Waals surface area contributed by atoms with Crippen LogP contribution >= 0.6 is 0 Å². The maximum Gasteiger partial charge on any atom is 0.337 e. The number of hydrogen-bond acceptors (Lipinski definition) is 4. The number of aliphatic hydroxyl groups is 1. The van der Waals surface area contributed by atoms with E-state index in [1.54, 1.807) is 25.3 Å². The Bertz CT molecular complexity index is 377. The van der Waals surface area contributed by atoms with Crippen LogP contribution in [0.3, 0.4) is 0 Å². The number of aliphatic carboxylic acids is 1. The molecule has 0 saturated carbocycles. The summed E-state index contributed by atoms with van der Waals surface area (Å²) in [6, 6.07) is 7.09. The molecule has 1 atom stereocenters. The average Bonchev–Trinajstić information content (AvgIpc) is 2.35. The highest BCUT2D eigenvalue weighted by atomic mass is 16.5. The van der Waals surface area contributed by atoms with Crippen LogP contribution in [-0.4, -0.2) is 36.5 Å². The molecule has 0 spiro atoms. The van der Waals surface area contributed by atoms with E-state index in [9.17, 15) is 4.79 Å². The molecule has 100 valence electrons. The van der Waals surface area contributed by atoms with E-state index in [2.05, 4.69) is 0 Å². The highest BCUT2D eigenvalue weighted by Crippen LogP contribution is 2.19. The molecule has 5 heteroatoms. The van der Waals surface area contributed by atoms with E-state index < -0.39 is 12.1 Å². The Morgan fingerprint density at radius 2 is 2.22 bits per heavy atom. The fourth-order valence-electron chi connectivity index (χ4n) is 1.59. The summed E-state index contributed by atoms with van der Waals surface area (Å²) in [6.45, 7) is 0.620. The molecule has 0 saturated heterocycles. The van der Waals surface area contributed by atoms with Crippen LogP contribution in [0.15, 0.2) is 24.3 Å². The Hall–Kier alpha value is -1.43. The molecule has 0 radical (unpaired) electrons. The second-order valence-corrected chi connectivity index (χ2v) is 3.84. The van der Waals surface area contributed by atoms with Crippen LogP contribution < -0.4 is 0 Å². The highest BCUT2D eigenvalue weighted by molar-refractivity contribution is 5.74. The number of ether oxygens (including phenoxy) is 2. The van der Waals surface area contributed by atoms with Gasteiger partial charge in [-0.05, 0) is 17.5 Å². The maximum absolute atomic E-state index is 11.1. The van der Waals surface area contributed by atoms with E-state index in [4.69, 9.17) is 19.7 Å². The van der Waals surface area contributed by atoms with Crippen molar-refractivity contribution in [2.24, 2.45) is 0 Å². The third-order valence-electron chi connectivity index (χ3n) is 2.38. The molecule has 0 aromatic heterocycles. The first-order valence-electron chi connectivity index (χ1n) is 5.72. The Morgan fingerprint density at radius 3 is 2.83 bits per heavy atom. The minimum atomic E-state index is -1.04. The van der Waals surface area contributed by atoms with Gasteiger partial charge in [-0.1, -0.05) is 24.3 Å². The van der Waals surface area contributed by atoms with Crippen LogP contribution in [0, 0.1) is 0 Å². The maximum atomic E-state index is 11.1. The van der Waals surface area contributed by atoms with Gasteiger partial charge in [0.25, 0.3) is 0 Å². The molecule has 1 unspecified atom stereocenters. The van der Waals surface area contributed by atoms with Gasteiger partial charge in [0, 0.05) is 13.7 Å². The van der Waals surface area contributed by atoms with Crippen LogP contribution in [-0.2, 0) is 20.9 Å². The topological polar surface area (TPSA) is 76.0 Å². The van der Waals surface area contributed by atoms with Crippen molar-refractivity contribution in [2.45, 2.75) is 19.1 Å². The quantitative estimate of drug-likeness (QED) is 0.685. The summed E-state index contributed by atoms with van der Waals surface area (Å²) in [6.07, 6.45) is -0.588. The van der Waals surface area contributed by atoms with E-state index in [1.165, 1.54) is 0 Å². The van der Waals surface area contributed by atoms with Gasteiger partial charge < -0.3 is 19.7 Å². The van der Waals surface area contributed by atoms with E-state index in [-0.39, 0.29) is 13.2 Å². The number of aliphatic hydroxyl groups excluding tert-OH is 1. The highest BCUT2D eigenvalue weighted by Gasteiger charge is 2.20. The second kappa shape index (κ2) is 7.81. The SMILES string of the molecule is COCc1cccc(C(OCCCO)C(=O)O)c1. The lowest BCUT2D eigenvalue weighted by Crippen LogP contribution is -2.16. The Labute approximate surface area is 106 Å². The van der Waals surface area contributed by atoms with Crippen molar-refractivity contribution in [3.8, 4) is 0 Å². The first kappa shape index (κ1) is 14.6. The summed E-state index contributed by atoms with van der Waals surface area (Å²) in [5.41, 5.74) is 1.47. The number of methoxy groups -OCH3 is 1. The summed E-state index contributed by atoms with van der Waals surface area (Å²) in [5, 5.41) is 17.8. The van der Waals surface area contributed by atoms with Crippen LogP contribution in [0.5, 0.6) is 0 Å². The molecule has 1 rings (SSSR count). The monoisotopic (exact) mass is 254 g/mol. The third kappa shape index (κ3) is 4.44. The Balaban J connectivity index is 2.77. The molecule has 0 heterocycles. The Kier molecular flexibility index (Phi) is 6.35. The molecular formula is C13H18O5. The van der Waals surface area contributed by atoms with Gasteiger partial charge in [0.05, 0.1) is 13.2 Å². The molecule has 18 heavy (non-hydrogen) atoms. The zero-order chi connectivity index (χ0) is 13.4. The number of carboxylic acids is 1. The summed E-state index contributed by atoms with van der Waals surface area (Å²) < 4.78 is 10.3. The van der Waals surface area contributed by atoms with Crippen molar-refractivity contribution in [3.05, 3.63) is 35.4 Å². The summed E-state index contributed by atoms with van der Waals surface area (Å²) >= 11 is 0. The molecule has 1 aromatic carbocycles. The van der Waals surface area contributed by atoms with Crippen molar-refractivity contribution in [2.75, 3.05) is 20.3 Å². The first-order chi connectivity index (χ1) is 8.69. The number of hydrogen-bond donors (Lipinski definition) is 2. The molecule has 0 fully saturated rings. The van der Waals surface area contributed by atoms with Crippen molar-refractivity contribution in [1.82, 2.24) is 0 Å². The van der Waals surface area contributed by atoms with Gasteiger partial charge in [-0.2, -0.15) is 0 Å². The minimum absolute atomic E-state index is 0.0178. The molecule has 0 bridgehead atoms. The van der Waals surface area contributed by atoms with Gasteiger partial charge in [0.2, 0.25) is 0 Å². The summed E-state index contributed by atoms with van der Waals surface area (Å²) in [5.74, 6) is -1.04. The molecule has 5 nitrogen and oxygen atoms in total. The smallest absolute Gasteiger partial charge is 0.337 e. The number of rotatable bonds is 8. The fraction of sp³-hybridized carbons (Fsp3) is 0.462. The van der Waals surface area contributed by atoms with Gasteiger partial charge >= 0.3 is 5.97 Å². The van der Waals surface area contributed by atoms with Crippen LogP contribution in [0.4, 0.5) is 0 Å². The number of benzene rings is 1. The van der Waals surface area contributed by atoms with E-state index in [1.807, 2.05) is 6.07 Å². The number of carboxylic acid groups (broad SMARTS) is 1. The fourth-order valence-corrected chi connectivity index (χ4v) is 1.59. The van der Waals surface area contributed by atoms with Crippen molar-refractivity contribution < 1.29 is 24.5 Å². The van der Waals surface area contributed by atoms with Gasteiger partial charge in [-0.15, -0.1) is 0 Å². The van der Waals surface area contributed by atoms with Crippen LogP contribution in [0.25, 0.3) is 0 Å². The minimum Gasteiger partial charge on any atom is -0.479 e.